The highest BCUT2D eigenvalue weighted by Crippen LogP contribution is 2.28. The Kier molecular flexibility index (Phi) is 4.60. The second kappa shape index (κ2) is 5.50. The highest BCUT2D eigenvalue weighted by molar-refractivity contribution is 7.85. The summed E-state index contributed by atoms with van der Waals surface area (Å²) in [6.07, 6.45) is 4.21. The molecule has 0 aromatic heterocycles. The third-order valence-electron chi connectivity index (χ3n) is 2.70. The third-order valence-corrected chi connectivity index (χ3v) is 4.94. The Labute approximate surface area is 89.1 Å². The van der Waals surface area contributed by atoms with Crippen molar-refractivity contribution in [1.29, 1.82) is 5.26 Å². The van der Waals surface area contributed by atoms with Crippen molar-refractivity contribution in [3.63, 3.8) is 0 Å². The maximum atomic E-state index is 11.9. The molecule has 2 nitrogen and oxygen atoms in total. The molecule has 80 valence electrons. The smallest absolute Gasteiger partial charge is 0.0668 e. The molecule has 0 heterocycles. The van der Waals surface area contributed by atoms with Crippen molar-refractivity contribution in [3.05, 3.63) is 0 Å². The highest BCUT2D eigenvalue weighted by atomic mass is 32.2. The minimum absolute atomic E-state index is 0.0448. The average Bonchev–Trinajstić information content (AvgIpc) is 2.16. The molecule has 3 heteroatoms. The molecule has 3 atom stereocenters. The van der Waals surface area contributed by atoms with Crippen molar-refractivity contribution in [2.45, 2.75) is 44.8 Å². The van der Waals surface area contributed by atoms with E-state index in [1.54, 1.807) is 0 Å². The highest BCUT2D eigenvalue weighted by Gasteiger charge is 2.29. The molecule has 0 radical (unpaired) electrons. The Morgan fingerprint density at radius 3 is 2.64 bits per heavy atom. The summed E-state index contributed by atoms with van der Waals surface area (Å²) in [7, 11) is -0.789. The van der Waals surface area contributed by atoms with Gasteiger partial charge >= 0.3 is 0 Å². The van der Waals surface area contributed by atoms with Gasteiger partial charge in [-0.25, -0.2) is 0 Å². The Bertz CT molecular complexity index is 244. The Hall–Kier alpha value is -0.360. The van der Waals surface area contributed by atoms with E-state index in [1.807, 2.05) is 0 Å². The zero-order chi connectivity index (χ0) is 10.6. The van der Waals surface area contributed by atoms with Gasteiger partial charge in [0.1, 0.15) is 0 Å². The average molecular weight is 213 g/mol. The van der Waals surface area contributed by atoms with Crippen LogP contribution in [-0.2, 0) is 10.8 Å². The van der Waals surface area contributed by atoms with Gasteiger partial charge in [-0.2, -0.15) is 5.26 Å². The van der Waals surface area contributed by atoms with Crippen molar-refractivity contribution in [2.24, 2.45) is 11.8 Å². The van der Waals surface area contributed by atoms with Crippen LogP contribution in [0.2, 0.25) is 0 Å². The lowest BCUT2D eigenvalue weighted by Crippen LogP contribution is -2.30. The number of nitrogens with zero attached hydrogens (tertiary/aromatic N) is 1. The molecule has 1 fully saturated rings. The zero-order valence-corrected chi connectivity index (χ0v) is 9.85. The van der Waals surface area contributed by atoms with Crippen molar-refractivity contribution in [2.75, 3.05) is 5.75 Å². The van der Waals surface area contributed by atoms with Crippen molar-refractivity contribution >= 4 is 10.8 Å². The predicted molar refractivity (Wildman–Crippen MR) is 59.2 cm³/mol. The van der Waals surface area contributed by atoms with E-state index in [2.05, 4.69) is 19.9 Å². The third kappa shape index (κ3) is 3.09. The first-order valence-electron chi connectivity index (χ1n) is 5.42. The van der Waals surface area contributed by atoms with E-state index >= 15 is 0 Å². The molecule has 0 aromatic carbocycles. The lowest BCUT2D eigenvalue weighted by molar-refractivity contribution is 0.430. The normalized spacial score (nSPS) is 29.9. The predicted octanol–water partition coefficient (Wildman–Crippen LogP) is 2.47. The molecule has 1 rings (SSSR count). The van der Waals surface area contributed by atoms with Gasteiger partial charge in [-0.1, -0.05) is 26.7 Å². The number of nitriles is 1. The summed E-state index contributed by atoms with van der Waals surface area (Å²) in [6.45, 7) is 4.17. The second-order valence-corrected chi connectivity index (χ2v) is 6.20. The van der Waals surface area contributed by atoms with E-state index in [9.17, 15) is 4.21 Å². The summed E-state index contributed by atoms with van der Waals surface area (Å²) in [6, 6.07) is 2.32. The second-order valence-electron chi connectivity index (χ2n) is 4.50. The lowest BCUT2D eigenvalue weighted by Gasteiger charge is -2.26. The van der Waals surface area contributed by atoms with Gasteiger partial charge < -0.3 is 0 Å². The van der Waals surface area contributed by atoms with Crippen LogP contribution in [0, 0.1) is 23.2 Å². The molecule has 0 saturated heterocycles. The minimum atomic E-state index is -0.789. The fourth-order valence-electron chi connectivity index (χ4n) is 2.01. The van der Waals surface area contributed by atoms with Crippen LogP contribution < -0.4 is 0 Å². The maximum Gasteiger partial charge on any atom is 0.0668 e. The first-order valence-corrected chi connectivity index (χ1v) is 6.80. The summed E-state index contributed by atoms with van der Waals surface area (Å²) in [5.41, 5.74) is 0. The van der Waals surface area contributed by atoms with Crippen LogP contribution in [0.1, 0.15) is 39.5 Å². The van der Waals surface area contributed by atoms with Gasteiger partial charge in [0.2, 0.25) is 0 Å². The van der Waals surface area contributed by atoms with E-state index < -0.39 is 10.8 Å². The van der Waals surface area contributed by atoms with Gasteiger partial charge in [-0.3, -0.25) is 4.21 Å². The SMILES string of the molecule is CC(C)CS(=O)C1CCCCC1C#N. The fourth-order valence-corrected chi connectivity index (χ4v) is 3.91. The summed E-state index contributed by atoms with van der Waals surface area (Å²) in [4.78, 5) is 0. The molecule has 1 aliphatic carbocycles. The monoisotopic (exact) mass is 213 g/mol. The summed E-state index contributed by atoms with van der Waals surface area (Å²) >= 11 is 0. The Morgan fingerprint density at radius 2 is 2.07 bits per heavy atom. The van der Waals surface area contributed by atoms with Gasteiger partial charge in [0.05, 0.1) is 17.2 Å². The Morgan fingerprint density at radius 1 is 1.43 bits per heavy atom. The summed E-state index contributed by atoms with van der Waals surface area (Å²) in [5, 5.41) is 9.11. The molecular weight excluding hydrogens is 194 g/mol. The molecule has 1 aliphatic rings. The van der Waals surface area contributed by atoms with E-state index in [-0.39, 0.29) is 11.2 Å². The molecule has 1 saturated carbocycles. The quantitative estimate of drug-likeness (QED) is 0.722. The van der Waals surface area contributed by atoms with Gasteiger partial charge in [-0.05, 0) is 18.8 Å². The molecule has 0 bridgehead atoms. The number of hydrogen-bond acceptors (Lipinski definition) is 2. The topological polar surface area (TPSA) is 40.9 Å². The van der Waals surface area contributed by atoms with Crippen LogP contribution >= 0.6 is 0 Å². The largest absolute Gasteiger partial charge is 0.259 e. The van der Waals surface area contributed by atoms with Crippen LogP contribution in [0.3, 0.4) is 0 Å². The summed E-state index contributed by atoms with van der Waals surface area (Å²) < 4.78 is 11.9. The molecule has 0 N–H and O–H groups in total. The molecular formula is C11H19NOS. The van der Waals surface area contributed by atoms with E-state index in [0.29, 0.717) is 5.92 Å². The fraction of sp³-hybridized carbons (Fsp3) is 0.909. The van der Waals surface area contributed by atoms with E-state index in [4.69, 9.17) is 5.26 Å². The van der Waals surface area contributed by atoms with Gasteiger partial charge in [-0.15, -0.1) is 0 Å². The van der Waals surface area contributed by atoms with Crippen LogP contribution in [-0.4, -0.2) is 15.2 Å². The number of hydrogen-bond donors (Lipinski definition) is 0. The van der Waals surface area contributed by atoms with Crippen LogP contribution in [0.25, 0.3) is 0 Å². The van der Waals surface area contributed by atoms with Crippen LogP contribution in [0.15, 0.2) is 0 Å². The molecule has 14 heavy (non-hydrogen) atoms. The van der Waals surface area contributed by atoms with Crippen molar-refractivity contribution in [1.82, 2.24) is 0 Å². The Balaban J connectivity index is 2.55. The molecule has 0 aromatic rings. The van der Waals surface area contributed by atoms with Crippen molar-refractivity contribution < 1.29 is 4.21 Å². The molecule has 0 aliphatic heterocycles. The molecule has 0 amide bonds. The number of rotatable bonds is 3. The first kappa shape index (κ1) is 11.7. The van der Waals surface area contributed by atoms with Crippen molar-refractivity contribution in [3.8, 4) is 6.07 Å². The molecule has 0 spiro atoms. The van der Waals surface area contributed by atoms with Crippen LogP contribution in [0.4, 0.5) is 0 Å². The first-order chi connectivity index (χ1) is 6.65. The summed E-state index contributed by atoms with van der Waals surface area (Å²) in [5.74, 6) is 1.27. The minimum Gasteiger partial charge on any atom is -0.259 e. The van der Waals surface area contributed by atoms with Gasteiger partial charge in [0.15, 0.2) is 0 Å². The van der Waals surface area contributed by atoms with E-state index in [1.165, 1.54) is 0 Å². The van der Waals surface area contributed by atoms with Crippen LogP contribution in [0.5, 0.6) is 0 Å². The van der Waals surface area contributed by atoms with Gasteiger partial charge in [0.25, 0.3) is 0 Å². The maximum absolute atomic E-state index is 11.9. The standard InChI is InChI=1S/C11H19NOS/c1-9(2)8-14(13)11-6-4-3-5-10(11)7-12/h9-11H,3-6,8H2,1-2H3. The van der Waals surface area contributed by atoms with Gasteiger partial charge in [0, 0.05) is 16.6 Å². The zero-order valence-electron chi connectivity index (χ0n) is 9.03. The van der Waals surface area contributed by atoms with E-state index in [0.717, 1.165) is 31.4 Å². The molecule has 3 unspecified atom stereocenters. The lowest BCUT2D eigenvalue weighted by atomic mass is 9.90.